The first-order valence-electron chi connectivity index (χ1n) is 10.3. The highest BCUT2D eigenvalue weighted by Crippen LogP contribution is 2.31. The smallest absolute Gasteiger partial charge is 0.236 e. The van der Waals surface area contributed by atoms with E-state index in [1.165, 1.54) is 23.1 Å². The molecule has 0 aliphatic rings. The molecule has 0 aliphatic heterocycles. The second-order valence-electron chi connectivity index (χ2n) is 7.45. The number of para-hydroxylation sites is 1. The van der Waals surface area contributed by atoms with E-state index in [0.717, 1.165) is 32.6 Å². The molecule has 0 fully saturated rings. The topological polar surface area (TPSA) is 85.6 Å². The summed E-state index contributed by atoms with van der Waals surface area (Å²) in [6.45, 7) is 4.08. The zero-order valence-corrected chi connectivity index (χ0v) is 19.7. The Labute approximate surface area is 198 Å². The lowest BCUT2D eigenvalue weighted by Crippen LogP contribution is -2.14. The van der Waals surface area contributed by atoms with Crippen LogP contribution in [0, 0.1) is 13.8 Å². The number of aromatic nitrogens is 5. The van der Waals surface area contributed by atoms with Crippen molar-refractivity contribution in [1.82, 2.24) is 24.7 Å². The van der Waals surface area contributed by atoms with Gasteiger partial charge in [-0.15, -0.1) is 10.2 Å². The summed E-state index contributed by atoms with van der Waals surface area (Å²) in [5, 5.41) is 12.9. The summed E-state index contributed by atoms with van der Waals surface area (Å²) >= 11 is 2.83. The molecule has 3 aromatic heterocycles. The number of pyridine rings is 1. The fraction of sp³-hybridized carbons (Fsp3) is 0.125. The number of carbonyl (C=O) groups is 1. The van der Waals surface area contributed by atoms with Crippen molar-refractivity contribution in [3.8, 4) is 17.1 Å². The summed E-state index contributed by atoms with van der Waals surface area (Å²) in [6, 6.07) is 17.8. The molecule has 0 unspecified atom stereocenters. The van der Waals surface area contributed by atoms with E-state index in [1.54, 1.807) is 12.4 Å². The van der Waals surface area contributed by atoms with Gasteiger partial charge in [-0.3, -0.25) is 14.3 Å². The summed E-state index contributed by atoms with van der Waals surface area (Å²) in [7, 11) is 0. The molecule has 0 atom stereocenters. The Kier molecular flexibility index (Phi) is 5.89. The molecule has 5 aromatic rings. The van der Waals surface area contributed by atoms with Gasteiger partial charge in [0.1, 0.15) is 0 Å². The number of anilines is 1. The van der Waals surface area contributed by atoms with Crippen LogP contribution < -0.4 is 5.32 Å². The third-order valence-electron chi connectivity index (χ3n) is 5.09. The van der Waals surface area contributed by atoms with Crippen LogP contribution in [-0.2, 0) is 4.79 Å². The van der Waals surface area contributed by atoms with Gasteiger partial charge in [0.05, 0.1) is 16.0 Å². The third kappa shape index (κ3) is 4.37. The molecule has 33 heavy (non-hydrogen) atoms. The molecule has 7 nitrogen and oxygen atoms in total. The summed E-state index contributed by atoms with van der Waals surface area (Å²) in [4.78, 5) is 21.5. The average molecular weight is 473 g/mol. The Morgan fingerprint density at radius 1 is 1.03 bits per heavy atom. The van der Waals surface area contributed by atoms with Crippen molar-refractivity contribution in [3.63, 3.8) is 0 Å². The third-order valence-corrected chi connectivity index (χ3v) is 7.12. The quantitative estimate of drug-likeness (QED) is 0.338. The molecule has 2 aromatic carbocycles. The van der Waals surface area contributed by atoms with Crippen molar-refractivity contribution in [1.29, 1.82) is 0 Å². The number of hydrogen-bond donors (Lipinski definition) is 1. The predicted octanol–water partition coefficient (Wildman–Crippen LogP) is 5.29. The van der Waals surface area contributed by atoms with E-state index < -0.39 is 0 Å². The highest BCUT2D eigenvalue weighted by molar-refractivity contribution is 7.99. The lowest BCUT2D eigenvalue weighted by Gasteiger charge is -2.10. The molecule has 9 heteroatoms. The van der Waals surface area contributed by atoms with Crippen molar-refractivity contribution in [2.75, 3.05) is 11.1 Å². The lowest BCUT2D eigenvalue weighted by molar-refractivity contribution is -0.113. The van der Waals surface area contributed by atoms with Gasteiger partial charge < -0.3 is 5.32 Å². The van der Waals surface area contributed by atoms with E-state index in [1.807, 2.05) is 54.0 Å². The number of fused-ring (bicyclic) bond motifs is 1. The molecule has 0 radical (unpaired) electrons. The van der Waals surface area contributed by atoms with Gasteiger partial charge in [0.25, 0.3) is 0 Å². The van der Waals surface area contributed by atoms with Crippen molar-refractivity contribution in [2.24, 2.45) is 0 Å². The van der Waals surface area contributed by atoms with Gasteiger partial charge >= 0.3 is 0 Å². The van der Waals surface area contributed by atoms with E-state index >= 15 is 0 Å². The Hall–Kier alpha value is -3.56. The molecule has 1 amide bonds. The molecule has 0 bridgehead atoms. The maximum absolute atomic E-state index is 12.7. The number of aryl methyl sites for hydroxylation is 2. The minimum Gasteiger partial charge on any atom is -0.301 e. The standard InChI is InChI=1S/C24H20N6OS2/c1-15-10-11-16(2)21-20(15)27-23(33-21)26-19(31)14-32-24-29-28-22(17-7-6-12-25-13-17)30(24)18-8-4-3-5-9-18/h3-13H,14H2,1-2H3,(H,26,27,31). The molecule has 0 saturated heterocycles. The number of amides is 1. The molecular formula is C24H20N6OS2. The molecule has 0 spiro atoms. The highest BCUT2D eigenvalue weighted by Gasteiger charge is 2.18. The van der Waals surface area contributed by atoms with Crippen molar-refractivity contribution in [2.45, 2.75) is 19.0 Å². The van der Waals surface area contributed by atoms with Gasteiger partial charge in [-0.25, -0.2) is 4.98 Å². The summed E-state index contributed by atoms with van der Waals surface area (Å²) in [6.07, 6.45) is 3.47. The number of hydrogen-bond acceptors (Lipinski definition) is 7. The van der Waals surface area contributed by atoms with E-state index in [4.69, 9.17) is 0 Å². The fourth-order valence-corrected chi connectivity index (χ4v) is 5.23. The number of thiazole rings is 1. The largest absolute Gasteiger partial charge is 0.301 e. The van der Waals surface area contributed by atoms with Crippen molar-refractivity contribution < 1.29 is 4.79 Å². The van der Waals surface area contributed by atoms with Gasteiger partial charge in [0.15, 0.2) is 16.1 Å². The molecule has 0 saturated carbocycles. The fourth-order valence-electron chi connectivity index (χ4n) is 3.45. The molecular weight excluding hydrogens is 452 g/mol. The SMILES string of the molecule is Cc1ccc(C)c2sc(NC(=O)CSc3nnc(-c4cccnc4)n3-c3ccccc3)nc12. The van der Waals surface area contributed by atoms with Gasteiger partial charge in [0.2, 0.25) is 5.91 Å². The Bertz CT molecular complexity index is 1390. The zero-order chi connectivity index (χ0) is 22.8. The van der Waals surface area contributed by atoms with Crippen molar-refractivity contribution in [3.05, 3.63) is 78.1 Å². The van der Waals surface area contributed by atoms with Gasteiger partial charge in [-0.2, -0.15) is 0 Å². The molecule has 1 N–H and O–H groups in total. The van der Waals surface area contributed by atoms with Gasteiger partial charge in [0, 0.05) is 23.6 Å². The van der Waals surface area contributed by atoms with Crippen LogP contribution in [0.2, 0.25) is 0 Å². The molecule has 0 aliphatic carbocycles. The van der Waals surface area contributed by atoms with E-state index in [0.29, 0.717) is 16.1 Å². The number of nitrogens with one attached hydrogen (secondary N) is 1. The molecule has 164 valence electrons. The van der Waals surface area contributed by atoms with E-state index in [2.05, 4.69) is 44.5 Å². The number of thioether (sulfide) groups is 1. The van der Waals surface area contributed by atoms with E-state index in [-0.39, 0.29) is 11.7 Å². The first-order valence-corrected chi connectivity index (χ1v) is 12.1. The predicted molar refractivity (Wildman–Crippen MR) is 133 cm³/mol. The number of carbonyl (C=O) groups excluding carboxylic acids is 1. The Balaban J connectivity index is 1.38. The van der Waals surface area contributed by atoms with Crippen LogP contribution in [-0.4, -0.2) is 36.4 Å². The minimum atomic E-state index is -0.139. The second kappa shape index (κ2) is 9.13. The maximum atomic E-state index is 12.7. The monoisotopic (exact) mass is 472 g/mol. The van der Waals surface area contributed by atoms with Crippen LogP contribution >= 0.6 is 23.1 Å². The van der Waals surface area contributed by atoms with Crippen LogP contribution in [0.4, 0.5) is 5.13 Å². The lowest BCUT2D eigenvalue weighted by atomic mass is 10.1. The number of nitrogens with zero attached hydrogens (tertiary/aromatic N) is 5. The summed E-state index contributed by atoms with van der Waals surface area (Å²) < 4.78 is 3.04. The molecule has 5 rings (SSSR count). The number of rotatable bonds is 6. The summed E-state index contributed by atoms with van der Waals surface area (Å²) in [5.41, 5.74) is 4.96. The first kappa shape index (κ1) is 21.3. The van der Waals surface area contributed by atoms with Crippen LogP contribution in [0.25, 0.3) is 27.3 Å². The maximum Gasteiger partial charge on any atom is 0.236 e. The van der Waals surface area contributed by atoms with Crippen LogP contribution in [0.5, 0.6) is 0 Å². The minimum absolute atomic E-state index is 0.139. The number of benzene rings is 2. The first-order chi connectivity index (χ1) is 16.1. The second-order valence-corrected chi connectivity index (χ2v) is 9.39. The van der Waals surface area contributed by atoms with Crippen molar-refractivity contribution >= 4 is 44.4 Å². The van der Waals surface area contributed by atoms with Gasteiger partial charge in [-0.05, 0) is 49.2 Å². The molecule has 3 heterocycles. The Morgan fingerprint density at radius 3 is 2.61 bits per heavy atom. The van der Waals surface area contributed by atoms with Crippen LogP contribution in [0.3, 0.4) is 0 Å². The van der Waals surface area contributed by atoms with Crippen LogP contribution in [0.15, 0.2) is 72.1 Å². The zero-order valence-electron chi connectivity index (χ0n) is 18.0. The van der Waals surface area contributed by atoms with E-state index in [9.17, 15) is 4.79 Å². The van der Waals surface area contributed by atoms with Gasteiger partial charge in [-0.1, -0.05) is 53.4 Å². The summed E-state index contributed by atoms with van der Waals surface area (Å²) in [5.74, 6) is 0.723. The average Bonchev–Trinajstić information content (AvgIpc) is 3.46. The normalized spacial score (nSPS) is 11.1. The highest BCUT2D eigenvalue weighted by atomic mass is 32.2. The van der Waals surface area contributed by atoms with Crippen LogP contribution in [0.1, 0.15) is 11.1 Å². The Morgan fingerprint density at radius 2 is 1.85 bits per heavy atom.